The molecule has 1 nitrogen and oxygen atoms in total. The highest BCUT2D eigenvalue weighted by Gasteiger charge is 1.98. The molecule has 0 radical (unpaired) electrons. The molecule has 0 rings (SSSR count). The molecular weight excluding hydrogens is 122 g/mol. The van der Waals surface area contributed by atoms with Gasteiger partial charge in [-0.3, -0.25) is 0 Å². The van der Waals surface area contributed by atoms with E-state index in [1.165, 1.54) is 11.1 Å². The summed E-state index contributed by atoms with van der Waals surface area (Å²) in [5.74, 6) is 0. The molecule has 0 aliphatic carbocycles. The summed E-state index contributed by atoms with van der Waals surface area (Å²) in [5.41, 5.74) is 3.29. The molecule has 10 heavy (non-hydrogen) atoms. The number of hydrogen-bond acceptors (Lipinski definition) is 1. The van der Waals surface area contributed by atoms with Crippen LogP contribution >= 0.6 is 0 Å². The van der Waals surface area contributed by atoms with Gasteiger partial charge in [-0.1, -0.05) is 19.4 Å². The fraction of sp³-hybridized carbons (Fsp3) is 0.667. The first-order valence-electron chi connectivity index (χ1n) is 3.87. The second kappa shape index (κ2) is 4.26. The SMILES string of the molecule is CCC(CC)=C(C)C(C)=N. The summed E-state index contributed by atoms with van der Waals surface area (Å²) in [6.45, 7) is 8.17. The fourth-order valence-corrected chi connectivity index (χ4v) is 1.05. The van der Waals surface area contributed by atoms with Crippen molar-refractivity contribution in [3.8, 4) is 0 Å². The van der Waals surface area contributed by atoms with Crippen LogP contribution in [0.4, 0.5) is 0 Å². The van der Waals surface area contributed by atoms with Crippen LogP contribution in [0.25, 0.3) is 0 Å². The zero-order valence-corrected chi connectivity index (χ0v) is 7.41. The van der Waals surface area contributed by atoms with E-state index < -0.39 is 0 Å². The van der Waals surface area contributed by atoms with E-state index in [1.54, 1.807) is 0 Å². The largest absolute Gasteiger partial charge is 0.305 e. The molecule has 0 bridgehead atoms. The highest BCUT2D eigenvalue weighted by molar-refractivity contribution is 5.95. The van der Waals surface area contributed by atoms with Gasteiger partial charge in [0.15, 0.2) is 0 Å². The second-order valence-corrected chi connectivity index (χ2v) is 2.56. The van der Waals surface area contributed by atoms with Gasteiger partial charge in [-0.25, -0.2) is 0 Å². The van der Waals surface area contributed by atoms with E-state index in [2.05, 4.69) is 13.8 Å². The van der Waals surface area contributed by atoms with Gasteiger partial charge < -0.3 is 5.41 Å². The Hall–Kier alpha value is -0.590. The normalized spacial score (nSPS) is 9.20. The quantitative estimate of drug-likeness (QED) is 0.581. The lowest BCUT2D eigenvalue weighted by Crippen LogP contribution is -1.95. The first-order valence-corrected chi connectivity index (χ1v) is 3.87. The predicted molar refractivity (Wildman–Crippen MR) is 46.7 cm³/mol. The van der Waals surface area contributed by atoms with Crippen molar-refractivity contribution in [2.45, 2.75) is 40.5 Å². The topological polar surface area (TPSA) is 23.9 Å². The van der Waals surface area contributed by atoms with Crippen LogP contribution in [-0.4, -0.2) is 5.71 Å². The van der Waals surface area contributed by atoms with Gasteiger partial charge in [0.1, 0.15) is 0 Å². The van der Waals surface area contributed by atoms with Gasteiger partial charge in [0.25, 0.3) is 0 Å². The van der Waals surface area contributed by atoms with Crippen molar-refractivity contribution < 1.29 is 0 Å². The summed E-state index contributed by atoms with van der Waals surface area (Å²) in [6.07, 6.45) is 2.16. The van der Waals surface area contributed by atoms with E-state index in [-0.39, 0.29) is 0 Å². The summed E-state index contributed by atoms with van der Waals surface area (Å²) in [7, 11) is 0. The van der Waals surface area contributed by atoms with Crippen LogP contribution in [0.2, 0.25) is 0 Å². The highest BCUT2D eigenvalue weighted by atomic mass is 14.4. The van der Waals surface area contributed by atoms with E-state index in [0.717, 1.165) is 12.8 Å². The number of nitrogens with one attached hydrogen (secondary N) is 1. The van der Waals surface area contributed by atoms with Crippen LogP contribution in [0.3, 0.4) is 0 Å². The van der Waals surface area contributed by atoms with Crippen LogP contribution in [0.5, 0.6) is 0 Å². The van der Waals surface area contributed by atoms with Gasteiger partial charge >= 0.3 is 0 Å². The molecule has 0 aromatic heterocycles. The van der Waals surface area contributed by atoms with Gasteiger partial charge in [0.2, 0.25) is 0 Å². The van der Waals surface area contributed by atoms with E-state index >= 15 is 0 Å². The lowest BCUT2D eigenvalue weighted by molar-refractivity contribution is 0.960. The molecule has 0 saturated heterocycles. The van der Waals surface area contributed by atoms with Crippen LogP contribution in [-0.2, 0) is 0 Å². The van der Waals surface area contributed by atoms with Crippen molar-refractivity contribution >= 4 is 5.71 Å². The maximum absolute atomic E-state index is 7.38. The molecule has 58 valence electrons. The first kappa shape index (κ1) is 9.41. The van der Waals surface area contributed by atoms with Crippen molar-refractivity contribution in [2.75, 3.05) is 0 Å². The zero-order valence-electron chi connectivity index (χ0n) is 7.41. The molecule has 0 saturated carbocycles. The summed E-state index contributed by atoms with van der Waals surface area (Å²) in [4.78, 5) is 0. The van der Waals surface area contributed by atoms with E-state index in [0.29, 0.717) is 5.71 Å². The molecule has 0 aliphatic heterocycles. The van der Waals surface area contributed by atoms with E-state index in [4.69, 9.17) is 5.41 Å². The van der Waals surface area contributed by atoms with Gasteiger partial charge in [-0.05, 0) is 32.3 Å². The molecule has 0 amide bonds. The molecule has 0 fully saturated rings. The molecule has 1 heteroatoms. The van der Waals surface area contributed by atoms with Crippen LogP contribution < -0.4 is 0 Å². The third-order valence-corrected chi connectivity index (χ3v) is 1.95. The zero-order chi connectivity index (χ0) is 8.15. The maximum atomic E-state index is 7.38. The van der Waals surface area contributed by atoms with Crippen molar-refractivity contribution in [2.24, 2.45) is 0 Å². The minimum Gasteiger partial charge on any atom is -0.305 e. The molecule has 0 aromatic rings. The Morgan fingerprint density at radius 2 is 1.50 bits per heavy atom. The standard InChI is InChI=1S/C9H17N/c1-5-9(6-2)7(3)8(4)10/h10H,5-6H2,1-4H3. The minimum absolute atomic E-state index is 0.707. The van der Waals surface area contributed by atoms with Crippen LogP contribution in [0.15, 0.2) is 11.1 Å². The molecule has 0 unspecified atom stereocenters. The van der Waals surface area contributed by atoms with Gasteiger partial charge in [-0.2, -0.15) is 0 Å². The lowest BCUT2D eigenvalue weighted by atomic mass is 10.0. The van der Waals surface area contributed by atoms with Gasteiger partial charge in [-0.15, -0.1) is 0 Å². The van der Waals surface area contributed by atoms with Crippen molar-refractivity contribution in [3.63, 3.8) is 0 Å². The Bertz CT molecular complexity index is 148. The average molecular weight is 139 g/mol. The number of allylic oxidation sites excluding steroid dienone is 2. The summed E-state index contributed by atoms with van der Waals surface area (Å²) in [5, 5.41) is 7.38. The summed E-state index contributed by atoms with van der Waals surface area (Å²) >= 11 is 0. The molecule has 0 aromatic carbocycles. The summed E-state index contributed by atoms with van der Waals surface area (Å²) < 4.78 is 0. The Kier molecular flexibility index (Phi) is 4.01. The van der Waals surface area contributed by atoms with Crippen molar-refractivity contribution in [1.29, 1.82) is 5.41 Å². The minimum atomic E-state index is 0.707. The smallest absolute Gasteiger partial charge is 0.0311 e. The van der Waals surface area contributed by atoms with Crippen molar-refractivity contribution in [3.05, 3.63) is 11.1 Å². The molecule has 0 heterocycles. The molecule has 1 N–H and O–H groups in total. The third kappa shape index (κ3) is 2.34. The monoisotopic (exact) mass is 139 g/mol. The molecular formula is C9H17N. The Balaban J connectivity index is 4.43. The molecule has 0 aliphatic rings. The van der Waals surface area contributed by atoms with Crippen molar-refractivity contribution in [1.82, 2.24) is 0 Å². The van der Waals surface area contributed by atoms with E-state index in [1.807, 2.05) is 13.8 Å². The Labute approximate surface area is 63.7 Å². The third-order valence-electron chi connectivity index (χ3n) is 1.95. The summed E-state index contributed by atoms with van der Waals surface area (Å²) in [6, 6.07) is 0. The Morgan fingerprint density at radius 3 is 1.60 bits per heavy atom. The predicted octanol–water partition coefficient (Wildman–Crippen LogP) is 3.16. The second-order valence-electron chi connectivity index (χ2n) is 2.56. The van der Waals surface area contributed by atoms with Crippen LogP contribution in [0.1, 0.15) is 40.5 Å². The average Bonchev–Trinajstić information content (AvgIpc) is 1.90. The van der Waals surface area contributed by atoms with Crippen LogP contribution in [0, 0.1) is 5.41 Å². The first-order chi connectivity index (χ1) is 4.63. The van der Waals surface area contributed by atoms with E-state index in [9.17, 15) is 0 Å². The lowest BCUT2D eigenvalue weighted by Gasteiger charge is -2.05. The fourth-order valence-electron chi connectivity index (χ4n) is 1.05. The van der Waals surface area contributed by atoms with Gasteiger partial charge in [0, 0.05) is 5.71 Å². The number of hydrogen-bond donors (Lipinski definition) is 1. The maximum Gasteiger partial charge on any atom is 0.0311 e. The highest BCUT2D eigenvalue weighted by Crippen LogP contribution is 2.12. The molecule has 0 atom stereocenters. The number of rotatable bonds is 3. The van der Waals surface area contributed by atoms with Gasteiger partial charge in [0.05, 0.1) is 0 Å². The molecule has 0 spiro atoms. The Morgan fingerprint density at radius 1 is 1.10 bits per heavy atom.